The Morgan fingerprint density at radius 2 is 2.00 bits per heavy atom. The highest BCUT2D eigenvalue weighted by atomic mass is 16.1. The number of carbonyl (C=O) groups excluding carboxylic acids is 1. The Balaban J connectivity index is 2.24. The van der Waals surface area contributed by atoms with Crippen molar-refractivity contribution < 1.29 is 4.79 Å². The second kappa shape index (κ2) is 4.79. The quantitative estimate of drug-likeness (QED) is 0.477. The Bertz CT molecular complexity index is 182. The fourth-order valence-electron chi connectivity index (χ4n) is 1.46. The first kappa shape index (κ1) is 8.13. The summed E-state index contributed by atoms with van der Waals surface area (Å²) in [6.07, 6.45) is 7.97. The number of hydrogen-bond donors (Lipinski definition) is 1. The molecular weight excluding hydrogens is 138 g/mol. The van der Waals surface area contributed by atoms with E-state index in [9.17, 15) is 4.79 Å². The lowest BCUT2D eigenvalue weighted by atomic mass is 9.96. The van der Waals surface area contributed by atoms with Crippen LogP contribution in [0.25, 0.3) is 0 Å². The van der Waals surface area contributed by atoms with Gasteiger partial charge in [0.15, 0.2) is 5.94 Å². The summed E-state index contributed by atoms with van der Waals surface area (Å²) in [5.74, 6) is 1.59. The van der Waals surface area contributed by atoms with Gasteiger partial charge in [-0.3, -0.25) is 0 Å². The lowest BCUT2D eigenvalue weighted by Crippen LogP contribution is -2.26. The first-order valence-electron chi connectivity index (χ1n) is 4.14. The minimum Gasteiger partial charge on any atom is -0.381 e. The molecule has 0 amide bonds. The van der Waals surface area contributed by atoms with Crippen LogP contribution in [0, 0.1) is 0 Å². The summed E-state index contributed by atoms with van der Waals surface area (Å²) in [7, 11) is 0. The van der Waals surface area contributed by atoms with Crippen molar-refractivity contribution in [3.63, 3.8) is 0 Å². The summed E-state index contributed by atoms with van der Waals surface area (Å²) in [5, 5.41) is 3.12. The van der Waals surface area contributed by atoms with Crippen LogP contribution in [-0.2, 0) is 4.79 Å². The smallest absolute Gasteiger partial charge is 0.178 e. The van der Waals surface area contributed by atoms with Crippen molar-refractivity contribution in [2.45, 2.75) is 38.1 Å². The van der Waals surface area contributed by atoms with E-state index < -0.39 is 0 Å². The molecule has 0 aromatic rings. The van der Waals surface area contributed by atoms with Crippen molar-refractivity contribution in [2.24, 2.45) is 0 Å². The van der Waals surface area contributed by atoms with Crippen molar-refractivity contribution in [1.29, 1.82) is 0 Å². The molecule has 0 radical (unpaired) electrons. The molecule has 0 aromatic carbocycles. The van der Waals surface area contributed by atoms with Crippen LogP contribution in [0.5, 0.6) is 0 Å². The van der Waals surface area contributed by atoms with Crippen LogP contribution in [0.1, 0.15) is 32.1 Å². The first-order chi connectivity index (χ1) is 5.43. The molecule has 1 N–H and O–H groups in total. The Morgan fingerprint density at radius 1 is 1.27 bits per heavy atom. The van der Waals surface area contributed by atoms with Gasteiger partial charge in [0.2, 0.25) is 0 Å². The van der Waals surface area contributed by atoms with Gasteiger partial charge < -0.3 is 5.32 Å². The molecule has 1 aliphatic carbocycles. The minimum absolute atomic E-state index is 0.560. The fraction of sp³-hybridized carbons (Fsp3) is 0.667. The topological polar surface area (TPSA) is 29.1 Å². The van der Waals surface area contributed by atoms with Gasteiger partial charge >= 0.3 is 0 Å². The molecule has 0 saturated heterocycles. The Morgan fingerprint density at radius 3 is 2.64 bits per heavy atom. The predicted octanol–water partition coefficient (Wildman–Crippen LogP) is 1.41. The van der Waals surface area contributed by atoms with Gasteiger partial charge in [-0.25, -0.2) is 4.79 Å². The van der Waals surface area contributed by atoms with E-state index in [0.717, 1.165) is 0 Å². The van der Waals surface area contributed by atoms with Gasteiger partial charge in [0.25, 0.3) is 0 Å². The highest BCUT2D eigenvalue weighted by Gasteiger charge is 2.10. The molecule has 0 spiro atoms. The van der Waals surface area contributed by atoms with Gasteiger partial charge in [0.1, 0.15) is 0 Å². The van der Waals surface area contributed by atoms with Crippen LogP contribution < -0.4 is 5.32 Å². The molecular formula is C9H13NO. The van der Waals surface area contributed by atoms with E-state index in [1.807, 2.05) is 0 Å². The zero-order chi connectivity index (χ0) is 7.94. The van der Waals surface area contributed by atoms with Crippen LogP contribution in [0.4, 0.5) is 0 Å². The Labute approximate surface area is 67.0 Å². The van der Waals surface area contributed by atoms with Gasteiger partial charge in [-0.05, 0) is 18.6 Å². The van der Waals surface area contributed by atoms with Crippen LogP contribution in [0.15, 0.2) is 11.9 Å². The molecule has 0 aliphatic heterocycles. The van der Waals surface area contributed by atoms with Crippen LogP contribution in [0.3, 0.4) is 0 Å². The summed E-state index contributed by atoms with van der Waals surface area (Å²) < 4.78 is 0. The maximum Gasteiger partial charge on any atom is 0.178 e. The third kappa shape index (κ3) is 3.08. The highest BCUT2D eigenvalue weighted by Crippen LogP contribution is 2.16. The number of nitrogens with one attached hydrogen (secondary N) is 1. The van der Waals surface area contributed by atoms with Crippen LogP contribution in [-0.4, -0.2) is 12.0 Å². The molecule has 1 saturated carbocycles. The molecule has 0 atom stereocenters. The standard InChI is InChI=1S/C9H13NO/c11-8-4-7-10-9-5-2-1-3-6-9/h7,9-10H,1-3,5-6H2. The third-order valence-corrected chi connectivity index (χ3v) is 2.06. The highest BCUT2D eigenvalue weighted by molar-refractivity contribution is 5.43. The average molecular weight is 151 g/mol. The molecule has 1 rings (SSSR count). The van der Waals surface area contributed by atoms with Crippen molar-refractivity contribution in [2.75, 3.05) is 0 Å². The largest absolute Gasteiger partial charge is 0.381 e. The second-order valence-corrected chi connectivity index (χ2v) is 2.89. The molecule has 1 fully saturated rings. The van der Waals surface area contributed by atoms with E-state index in [1.54, 1.807) is 12.1 Å². The molecule has 11 heavy (non-hydrogen) atoms. The van der Waals surface area contributed by atoms with Crippen molar-refractivity contribution in [3.8, 4) is 0 Å². The van der Waals surface area contributed by atoms with E-state index in [4.69, 9.17) is 0 Å². The summed E-state index contributed by atoms with van der Waals surface area (Å²) in [6, 6.07) is 0.560. The molecule has 0 unspecified atom stereocenters. The third-order valence-electron chi connectivity index (χ3n) is 2.06. The zero-order valence-corrected chi connectivity index (χ0v) is 6.60. The molecule has 2 nitrogen and oxygen atoms in total. The van der Waals surface area contributed by atoms with E-state index in [2.05, 4.69) is 11.0 Å². The number of rotatable bonds is 2. The normalized spacial score (nSPS) is 18.2. The van der Waals surface area contributed by atoms with Crippen molar-refractivity contribution in [1.82, 2.24) is 5.32 Å². The molecule has 1 aliphatic rings. The maximum absolute atomic E-state index is 9.74. The molecule has 0 aromatic heterocycles. The molecule has 60 valence electrons. The summed E-state index contributed by atoms with van der Waals surface area (Å²) in [6.45, 7) is 0. The Kier molecular flexibility index (Phi) is 3.54. The SMILES string of the molecule is O=C=C=CNC1CCCCC1. The monoisotopic (exact) mass is 151 g/mol. The predicted molar refractivity (Wildman–Crippen MR) is 43.8 cm³/mol. The number of hydrogen-bond acceptors (Lipinski definition) is 2. The van der Waals surface area contributed by atoms with Gasteiger partial charge in [0.05, 0.1) is 6.20 Å². The molecule has 2 heteroatoms. The van der Waals surface area contributed by atoms with E-state index >= 15 is 0 Å². The second-order valence-electron chi connectivity index (χ2n) is 2.89. The van der Waals surface area contributed by atoms with E-state index in [-0.39, 0.29) is 0 Å². The first-order valence-corrected chi connectivity index (χ1v) is 4.14. The summed E-state index contributed by atoms with van der Waals surface area (Å²) >= 11 is 0. The molecule has 0 bridgehead atoms. The maximum atomic E-state index is 9.74. The minimum atomic E-state index is 0.560. The lowest BCUT2D eigenvalue weighted by Gasteiger charge is -2.20. The van der Waals surface area contributed by atoms with Gasteiger partial charge in [0, 0.05) is 6.04 Å². The van der Waals surface area contributed by atoms with Gasteiger partial charge in [-0.2, -0.15) is 0 Å². The van der Waals surface area contributed by atoms with E-state index in [0.29, 0.717) is 6.04 Å². The van der Waals surface area contributed by atoms with Crippen LogP contribution in [0.2, 0.25) is 0 Å². The van der Waals surface area contributed by atoms with E-state index in [1.165, 1.54) is 32.1 Å². The summed E-state index contributed by atoms with van der Waals surface area (Å²) in [4.78, 5) is 9.74. The van der Waals surface area contributed by atoms with Crippen molar-refractivity contribution in [3.05, 3.63) is 11.9 Å². The zero-order valence-electron chi connectivity index (χ0n) is 6.60. The fourth-order valence-corrected chi connectivity index (χ4v) is 1.46. The molecule has 0 heterocycles. The van der Waals surface area contributed by atoms with Crippen molar-refractivity contribution >= 4 is 5.94 Å². The van der Waals surface area contributed by atoms with Gasteiger partial charge in [-0.1, -0.05) is 19.3 Å². The van der Waals surface area contributed by atoms with Gasteiger partial charge in [-0.15, -0.1) is 0 Å². The average Bonchev–Trinajstić information content (AvgIpc) is 2.07. The Hall–Kier alpha value is -0.970. The van der Waals surface area contributed by atoms with Crippen LogP contribution >= 0.6 is 0 Å². The lowest BCUT2D eigenvalue weighted by molar-refractivity contribution is 0.404. The summed E-state index contributed by atoms with van der Waals surface area (Å²) in [5.41, 5.74) is 2.35.